The van der Waals surface area contributed by atoms with Crippen molar-refractivity contribution in [3.63, 3.8) is 0 Å². The molecule has 0 spiro atoms. The Hall–Kier alpha value is -1.84. The van der Waals surface area contributed by atoms with Gasteiger partial charge in [0, 0.05) is 12.6 Å². The smallest absolute Gasteiger partial charge is 0.329 e. The summed E-state index contributed by atoms with van der Waals surface area (Å²) in [5.41, 5.74) is -0.625. The molecule has 0 heterocycles. The van der Waals surface area contributed by atoms with E-state index in [2.05, 4.69) is 0 Å². The Morgan fingerprint density at radius 3 is 2.06 bits per heavy atom. The molecule has 1 rings (SSSR count). The van der Waals surface area contributed by atoms with Gasteiger partial charge in [-0.1, -0.05) is 32.0 Å². The molecule has 0 unspecified atom stereocenters. The van der Waals surface area contributed by atoms with Crippen molar-refractivity contribution >= 4 is 11.9 Å². The number of carbonyl (C=O) groups excluding carboxylic acids is 1. The van der Waals surface area contributed by atoms with Crippen molar-refractivity contribution in [2.75, 3.05) is 7.05 Å². The molecule has 0 aromatic heterocycles. The van der Waals surface area contributed by atoms with Crippen LogP contribution < -0.4 is 0 Å². The van der Waals surface area contributed by atoms with Gasteiger partial charge in [-0.2, -0.15) is 0 Å². The van der Waals surface area contributed by atoms with Crippen molar-refractivity contribution in [1.29, 1.82) is 0 Å². The number of hydrogen-bond acceptors (Lipinski definition) is 2. The highest BCUT2D eigenvalue weighted by Gasteiger charge is 2.41. The van der Waals surface area contributed by atoms with E-state index >= 15 is 0 Å². The Balaban J connectivity index is 3.08. The first-order valence-electron chi connectivity index (χ1n) is 6.06. The molecule has 0 radical (unpaired) electrons. The van der Waals surface area contributed by atoms with Crippen molar-refractivity contribution in [3.05, 3.63) is 35.9 Å². The molecular weight excluding hydrogens is 230 g/mol. The van der Waals surface area contributed by atoms with Gasteiger partial charge in [0.25, 0.3) is 5.91 Å². The molecule has 1 N–H and O–H groups in total. The van der Waals surface area contributed by atoms with Crippen LogP contribution >= 0.6 is 0 Å². The van der Waals surface area contributed by atoms with E-state index in [1.807, 2.05) is 6.07 Å². The molecule has 0 fully saturated rings. The molecule has 0 bridgehead atoms. The predicted molar refractivity (Wildman–Crippen MR) is 69.5 cm³/mol. The number of benzene rings is 1. The summed E-state index contributed by atoms with van der Waals surface area (Å²) < 4.78 is 0. The van der Waals surface area contributed by atoms with E-state index < -0.39 is 11.5 Å². The molecule has 1 aromatic rings. The van der Waals surface area contributed by atoms with E-state index in [0.717, 1.165) is 0 Å². The van der Waals surface area contributed by atoms with E-state index in [1.54, 1.807) is 45.2 Å². The molecule has 0 aliphatic carbocycles. The van der Waals surface area contributed by atoms with Gasteiger partial charge in [0.2, 0.25) is 0 Å². The number of hydrogen-bond donors (Lipinski definition) is 1. The first-order chi connectivity index (χ1) is 8.49. The van der Waals surface area contributed by atoms with Gasteiger partial charge in [-0.25, -0.2) is 4.79 Å². The van der Waals surface area contributed by atoms with Crippen molar-refractivity contribution in [3.8, 4) is 0 Å². The molecule has 0 aliphatic heterocycles. The SMILES string of the molecule is CCC(CC)(C(=O)O)N(C)C(=O)c1ccccc1. The minimum atomic E-state index is -1.13. The lowest BCUT2D eigenvalue weighted by atomic mass is 9.90. The summed E-state index contributed by atoms with van der Waals surface area (Å²) in [6, 6.07) is 8.73. The largest absolute Gasteiger partial charge is 0.479 e. The molecule has 0 atom stereocenters. The van der Waals surface area contributed by atoms with Gasteiger partial charge in [-0.3, -0.25) is 4.79 Å². The average Bonchev–Trinajstić information content (AvgIpc) is 2.40. The van der Waals surface area contributed by atoms with Gasteiger partial charge in [0.05, 0.1) is 0 Å². The Morgan fingerprint density at radius 1 is 1.17 bits per heavy atom. The molecule has 18 heavy (non-hydrogen) atoms. The minimum Gasteiger partial charge on any atom is -0.479 e. The van der Waals surface area contributed by atoms with E-state index in [4.69, 9.17) is 0 Å². The lowest BCUT2D eigenvalue weighted by Crippen LogP contribution is -2.54. The number of aliphatic carboxylic acids is 1. The Morgan fingerprint density at radius 2 is 1.67 bits per heavy atom. The molecule has 4 heteroatoms. The summed E-state index contributed by atoms with van der Waals surface area (Å²) in [5, 5.41) is 9.40. The molecule has 0 aliphatic rings. The quantitative estimate of drug-likeness (QED) is 0.871. The third-order valence-electron chi connectivity index (χ3n) is 3.54. The first kappa shape index (κ1) is 14.2. The van der Waals surface area contributed by atoms with Crippen LogP contribution in [-0.2, 0) is 4.79 Å². The topological polar surface area (TPSA) is 57.6 Å². The lowest BCUT2D eigenvalue weighted by Gasteiger charge is -2.36. The van der Waals surface area contributed by atoms with E-state index in [-0.39, 0.29) is 5.91 Å². The molecular formula is C14H19NO3. The highest BCUT2D eigenvalue weighted by Crippen LogP contribution is 2.24. The molecule has 1 amide bonds. The third kappa shape index (κ3) is 2.37. The first-order valence-corrected chi connectivity index (χ1v) is 6.06. The number of likely N-dealkylation sites (N-methyl/N-ethyl adjacent to an activating group) is 1. The zero-order valence-corrected chi connectivity index (χ0v) is 11.0. The maximum atomic E-state index is 12.3. The van der Waals surface area contributed by atoms with Crippen LogP contribution in [-0.4, -0.2) is 34.5 Å². The summed E-state index contributed by atoms with van der Waals surface area (Å²) in [6.45, 7) is 3.57. The van der Waals surface area contributed by atoms with Crippen LogP contribution in [0.2, 0.25) is 0 Å². The summed E-state index contributed by atoms with van der Waals surface area (Å²) in [6.07, 6.45) is 0.766. The lowest BCUT2D eigenvalue weighted by molar-refractivity contribution is -0.149. The highest BCUT2D eigenvalue weighted by atomic mass is 16.4. The second kappa shape index (κ2) is 5.67. The summed E-state index contributed by atoms with van der Waals surface area (Å²) in [5.74, 6) is -1.22. The Bertz CT molecular complexity index is 424. The highest BCUT2D eigenvalue weighted by molar-refractivity contribution is 5.97. The van der Waals surface area contributed by atoms with Crippen LogP contribution in [0.5, 0.6) is 0 Å². The second-order valence-corrected chi connectivity index (χ2v) is 4.27. The number of carbonyl (C=O) groups is 2. The fraction of sp³-hybridized carbons (Fsp3) is 0.429. The maximum absolute atomic E-state index is 12.3. The number of amides is 1. The monoisotopic (exact) mass is 249 g/mol. The van der Waals surface area contributed by atoms with Gasteiger partial charge in [-0.05, 0) is 25.0 Å². The molecule has 1 aromatic carbocycles. The molecule has 4 nitrogen and oxygen atoms in total. The Labute approximate surface area is 107 Å². The number of nitrogens with zero attached hydrogens (tertiary/aromatic N) is 1. The maximum Gasteiger partial charge on any atom is 0.329 e. The van der Waals surface area contributed by atoms with Crippen molar-refractivity contribution in [2.24, 2.45) is 0 Å². The zero-order chi connectivity index (χ0) is 13.8. The second-order valence-electron chi connectivity index (χ2n) is 4.27. The third-order valence-corrected chi connectivity index (χ3v) is 3.54. The fourth-order valence-corrected chi connectivity index (χ4v) is 2.14. The standard InChI is InChI=1S/C14H19NO3/c1-4-14(5-2,13(17)18)15(3)12(16)11-9-7-6-8-10-11/h6-10H,4-5H2,1-3H3,(H,17,18). The van der Waals surface area contributed by atoms with E-state index in [1.165, 1.54) is 4.90 Å². The summed E-state index contributed by atoms with van der Waals surface area (Å²) in [7, 11) is 1.55. The number of rotatable bonds is 5. The number of carboxylic acid groups (broad SMARTS) is 1. The van der Waals surface area contributed by atoms with Gasteiger partial charge >= 0.3 is 5.97 Å². The van der Waals surface area contributed by atoms with Crippen molar-refractivity contribution < 1.29 is 14.7 Å². The van der Waals surface area contributed by atoms with Crippen LogP contribution in [0, 0.1) is 0 Å². The van der Waals surface area contributed by atoms with Crippen LogP contribution in [0.1, 0.15) is 37.0 Å². The minimum absolute atomic E-state index is 0.262. The average molecular weight is 249 g/mol. The van der Waals surface area contributed by atoms with Crippen LogP contribution in [0.25, 0.3) is 0 Å². The van der Waals surface area contributed by atoms with Gasteiger partial charge in [0.1, 0.15) is 5.54 Å². The molecule has 0 saturated heterocycles. The summed E-state index contributed by atoms with van der Waals surface area (Å²) >= 11 is 0. The predicted octanol–water partition coefficient (Wildman–Crippen LogP) is 2.40. The zero-order valence-electron chi connectivity index (χ0n) is 11.0. The van der Waals surface area contributed by atoms with E-state index in [9.17, 15) is 14.7 Å². The van der Waals surface area contributed by atoms with Gasteiger partial charge < -0.3 is 10.0 Å². The molecule has 0 saturated carbocycles. The normalized spacial score (nSPS) is 11.1. The number of carboxylic acids is 1. The van der Waals surface area contributed by atoms with Crippen molar-refractivity contribution in [2.45, 2.75) is 32.2 Å². The molecule has 98 valence electrons. The van der Waals surface area contributed by atoms with E-state index in [0.29, 0.717) is 18.4 Å². The van der Waals surface area contributed by atoms with Gasteiger partial charge in [-0.15, -0.1) is 0 Å². The summed E-state index contributed by atoms with van der Waals surface area (Å²) in [4.78, 5) is 25.1. The fourth-order valence-electron chi connectivity index (χ4n) is 2.14. The van der Waals surface area contributed by atoms with Crippen LogP contribution in [0.4, 0.5) is 0 Å². The Kier molecular flexibility index (Phi) is 4.48. The van der Waals surface area contributed by atoms with Crippen LogP contribution in [0.15, 0.2) is 30.3 Å². The van der Waals surface area contributed by atoms with Crippen LogP contribution in [0.3, 0.4) is 0 Å². The van der Waals surface area contributed by atoms with Gasteiger partial charge in [0.15, 0.2) is 0 Å². The van der Waals surface area contributed by atoms with Crippen molar-refractivity contribution in [1.82, 2.24) is 4.90 Å².